The molecule has 0 saturated carbocycles. The van der Waals surface area contributed by atoms with Gasteiger partial charge in [0.1, 0.15) is 5.76 Å². The highest BCUT2D eigenvalue weighted by atomic mass is 16.5. The molecular weight excluding hydrogens is 396 g/mol. The number of carboxylic acid groups (broad SMARTS) is 1. The van der Waals surface area contributed by atoms with Gasteiger partial charge in [-0.25, -0.2) is 4.79 Å². The Morgan fingerprint density at radius 1 is 1.06 bits per heavy atom. The number of nitrogens with zero attached hydrogens (tertiary/aromatic N) is 2. The van der Waals surface area contributed by atoms with Crippen LogP contribution in [0.4, 0.5) is 22.0 Å². The average Bonchev–Trinajstić information content (AvgIpc) is 3.04. The highest BCUT2D eigenvalue weighted by molar-refractivity contribution is 6.01. The minimum Gasteiger partial charge on any atom is -0.481 e. The lowest BCUT2D eigenvalue weighted by Gasteiger charge is -2.31. The molecular formula is C23H34N4O4. The van der Waals surface area contributed by atoms with Crippen LogP contribution in [0.25, 0.3) is 0 Å². The Hall–Kier alpha value is -3.03. The van der Waals surface area contributed by atoms with E-state index in [0.29, 0.717) is 29.1 Å². The number of urea groups is 1. The van der Waals surface area contributed by atoms with Crippen LogP contribution in [0.1, 0.15) is 58.3 Å². The van der Waals surface area contributed by atoms with Gasteiger partial charge in [0.2, 0.25) is 0 Å². The molecule has 0 aliphatic rings. The Labute approximate surface area is 184 Å². The summed E-state index contributed by atoms with van der Waals surface area (Å²) in [7, 11) is 0. The summed E-state index contributed by atoms with van der Waals surface area (Å²) in [4.78, 5) is 26.1. The molecule has 0 radical (unpaired) electrons. The van der Waals surface area contributed by atoms with E-state index in [9.17, 15) is 9.59 Å². The number of hydrogen-bond acceptors (Lipinski definition) is 5. The fraction of sp³-hybridized carbons (Fsp3) is 0.522. The third-order valence-electron chi connectivity index (χ3n) is 4.70. The molecule has 0 fully saturated rings. The molecule has 1 atom stereocenters. The molecule has 0 unspecified atom stereocenters. The molecule has 31 heavy (non-hydrogen) atoms. The van der Waals surface area contributed by atoms with Gasteiger partial charge in [-0.15, -0.1) is 0 Å². The highest BCUT2D eigenvalue weighted by Gasteiger charge is 2.19. The first-order chi connectivity index (χ1) is 14.5. The number of carboxylic acids is 1. The van der Waals surface area contributed by atoms with Gasteiger partial charge in [-0.05, 0) is 42.4 Å². The number of anilines is 3. The minimum atomic E-state index is -0.855. The maximum Gasteiger partial charge on any atom is 0.325 e. The average molecular weight is 431 g/mol. The van der Waals surface area contributed by atoms with E-state index < -0.39 is 12.0 Å². The summed E-state index contributed by atoms with van der Waals surface area (Å²) in [6.45, 7) is 13.9. The first kappa shape index (κ1) is 24.2. The van der Waals surface area contributed by atoms with Crippen molar-refractivity contribution in [2.75, 3.05) is 28.6 Å². The fourth-order valence-electron chi connectivity index (χ4n) is 3.46. The summed E-state index contributed by atoms with van der Waals surface area (Å²) in [5.74, 6) is 0.755. The van der Waals surface area contributed by atoms with Crippen LogP contribution < -0.4 is 15.5 Å². The first-order valence-corrected chi connectivity index (χ1v) is 10.7. The van der Waals surface area contributed by atoms with Gasteiger partial charge in [0, 0.05) is 19.2 Å². The number of aliphatic carboxylic acids is 1. The molecule has 0 saturated heterocycles. The van der Waals surface area contributed by atoms with Crippen LogP contribution in [0.5, 0.6) is 0 Å². The standard InChI is InChI=1S/C23H34N4O4/c1-14(2)12-27(13-15(3)4)20-8-7-18(16(5)9-22(28)29)11-19(20)24-23(30)25-21-10-17(6)31-26-21/h7-8,10-11,14-16H,9,12-13H2,1-6H3,(H,28,29)(H2,24,25,26,30)/t16-/m0/s1. The molecule has 0 bridgehead atoms. The molecule has 0 aliphatic heterocycles. The van der Waals surface area contributed by atoms with Crippen LogP contribution in [-0.2, 0) is 4.79 Å². The molecule has 1 aromatic heterocycles. The van der Waals surface area contributed by atoms with E-state index in [-0.39, 0.29) is 12.3 Å². The maximum atomic E-state index is 12.7. The zero-order valence-corrected chi connectivity index (χ0v) is 19.2. The van der Waals surface area contributed by atoms with Crippen LogP contribution in [0.2, 0.25) is 0 Å². The number of carbonyl (C=O) groups is 2. The van der Waals surface area contributed by atoms with Gasteiger partial charge in [-0.1, -0.05) is 45.8 Å². The molecule has 170 valence electrons. The SMILES string of the molecule is Cc1cc(NC(=O)Nc2cc([C@@H](C)CC(=O)O)ccc2N(CC(C)C)CC(C)C)no1. The van der Waals surface area contributed by atoms with E-state index >= 15 is 0 Å². The fourth-order valence-corrected chi connectivity index (χ4v) is 3.46. The summed E-state index contributed by atoms with van der Waals surface area (Å²) in [6.07, 6.45) is 0.0188. The molecule has 0 aliphatic carbocycles. The third-order valence-corrected chi connectivity index (χ3v) is 4.70. The Balaban J connectivity index is 2.37. The van der Waals surface area contributed by atoms with Crippen molar-refractivity contribution in [2.45, 2.75) is 53.9 Å². The molecule has 3 N–H and O–H groups in total. The Morgan fingerprint density at radius 2 is 1.71 bits per heavy atom. The number of aromatic nitrogens is 1. The molecule has 2 amide bonds. The van der Waals surface area contributed by atoms with E-state index in [1.807, 2.05) is 25.1 Å². The lowest BCUT2D eigenvalue weighted by molar-refractivity contribution is -0.137. The number of benzene rings is 1. The van der Waals surface area contributed by atoms with E-state index in [4.69, 9.17) is 9.63 Å². The number of nitrogens with one attached hydrogen (secondary N) is 2. The Bertz CT molecular complexity index is 881. The van der Waals surface area contributed by atoms with Gasteiger partial charge >= 0.3 is 12.0 Å². The van der Waals surface area contributed by atoms with Crippen LogP contribution in [0.15, 0.2) is 28.8 Å². The van der Waals surface area contributed by atoms with Gasteiger partial charge in [0.15, 0.2) is 5.82 Å². The molecule has 2 rings (SSSR count). The normalized spacial score (nSPS) is 12.1. The summed E-state index contributed by atoms with van der Waals surface area (Å²) in [5, 5.41) is 18.5. The summed E-state index contributed by atoms with van der Waals surface area (Å²) >= 11 is 0. The Morgan fingerprint density at radius 3 is 2.23 bits per heavy atom. The highest BCUT2D eigenvalue weighted by Crippen LogP contribution is 2.32. The van der Waals surface area contributed by atoms with Crippen LogP contribution in [-0.4, -0.2) is 35.4 Å². The smallest absolute Gasteiger partial charge is 0.325 e. The van der Waals surface area contributed by atoms with Crippen molar-refractivity contribution in [3.05, 3.63) is 35.6 Å². The van der Waals surface area contributed by atoms with E-state index in [1.165, 1.54) is 0 Å². The zero-order valence-electron chi connectivity index (χ0n) is 19.2. The van der Waals surface area contributed by atoms with E-state index in [0.717, 1.165) is 24.3 Å². The van der Waals surface area contributed by atoms with Crippen molar-refractivity contribution >= 4 is 29.2 Å². The van der Waals surface area contributed by atoms with Crippen molar-refractivity contribution < 1.29 is 19.2 Å². The van der Waals surface area contributed by atoms with Gasteiger partial charge in [0.05, 0.1) is 17.8 Å². The second kappa shape index (κ2) is 10.8. The lowest BCUT2D eigenvalue weighted by Crippen LogP contribution is -2.32. The summed E-state index contributed by atoms with van der Waals surface area (Å²) in [5.41, 5.74) is 2.39. The molecule has 2 aromatic rings. The van der Waals surface area contributed by atoms with Gasteiger partial charge < -0.3 is 19.8 Å². The van der Waals surface area contributed by atoms with Crippen molar-refractivity contribution in [3.8, 4) is 0 Å². The topological polar surface area (TPSA) is 108 Å². The predicted molar refractivity (Wildman–Crippen MR) is 123 cm³/mol. The number of hydrogen-bond donors (Lipinski definition) is 3. The van der Waals surface area contributed by atoms with Crippen LogP contribution in [0.3, 0.4) is 0 Å². The first-order valence-electron chi connectivity index (χ1n) is 10.7. The van der Waals surface area contributed by atoms with Gasteiger partial charge in [-0.3, -0.25) is 10.1 Å². The predicted octanol–water partition coefficient (Wildman–Crippen LogP) is 5.32. The van der Waals surface area contributed by atoms with Crippen LogP contribution >= 0.6 is 0 Å². The number of aryl methyl sites for hydroxylation is 1. The lowest BCUT2D eigenvalue weighted by atomic mass is 9.96. The zero-order chi connectivity index (χ0) is 23.1. The second-order valence-corrected chi connectivity index (χ2v) is 8.87. The van der Waals surface area contributed by atoms with Gasteiger partial charge in [0.25, 0.3) is 0 Å². The molecule has 0 spiro atoms. The van der Waals surface area contributed by atoms with E-state index in [1.54, 1.807) is 13.0 Å². The molecule has 1 heterocycles. The number of carbonyl (C=O) groups excluding carboxylic acids is 1. The molecule has 8 heteroatoms. The minimum absolute atomic E-state index is 0.0188. The quantitative estimate of drug-likeness (QED) is 0.471. The van der Waals surface area contributed by atoms with Crippen molar-refractivity contribution in [1.29, 1.82) is 0 Å². The monoisotopic (exact) mass is 430 g/mol. The number of amides is 2. The summed E-state index contributed by atoms with van der Waals surface area (Å²) in [6, 6.07) is 6.97. The second-order valence-electron chi connectivity index (χ2n) is 8.87. The third kappa shape index (κ3) is 7.62. The number of rotatable bonds is 10. The van der Waals surface area contributed by atoms with Crippen molar-refractivity contribution in [1.82, 2.24) is 5.16 Å². The maximum absolute atomic E-state index is 12.7. The van der Waals surface area contributed by atoms with Crippen LogP contribution in [0, 0.1) is 18.8 Å². The Kier molecular flexibility index (Phi) is 8.47. The molecule has 8 nitrogen and oxygen atoms in total. The van der Waals surface area contributed by atoms with E-state index in [2.05, 4.69) is 48.4 Å². The summed E-state index contributed by atoms with van der Waals surface area (Å²) < 4.78 is 5.00. The van der Waals surface area contributed by atoms with Crippen molar-refractivity contribution in [2.24, 2.45) is 11.8 Å². The van der Waals surface area contributed by atoms with Crippen molar-refractivity contribution in [3.63, 3.8) is 0 Å². The largest absolute Gasteiger partial charge is 0.481 e. The van der Waals surface area contributed by atoms with Gasteiger partial charge in [-0.2, -0.15) is 0 Å². The molecule has 1 aromatic carbocycles.